The van der Waals surface area contributed by atoms with E-state index in [0.29, 0.717) is 27.6 Å². The summed E-state index contributed by atoms with van der Waals surface area (Å²) < 4.78 is 34.9. The number of methoxy groups -OCH3 is 1. The van der Waals surface area contributed by atoms with E-state index in [4.69, 9.17) is 17.0 Å². The average molecular weight is 433 g/mol. The van der Waals surface area contributed by atoms with Crippen LogP contribution in [0, 0.1) is 6.92 Å². The van der Waals surface area contributed by atoms with Crippen molar-refractivity contribution in [3.05, 3.63) is 64.9 Å². The van der Waals surface area contributed by atoms with Gasteiger partial charge in [0.1, 0.15) is 0 Å². The van der Waals surface area contributed by atoms with E-state index >= 15 is 0 Å². The molecule has 0 spiro atoms. The molecule has 6 nitrogen and oxygen atoms in total. The highest BCUT2D eigenvalue weighted by Crippen LogP contribution is 2.35. The molecule has 1 aliphatic heterocycles. The third kappa shape index (κ3) is 4.85. The number of ether oxygens (including phenoxy) is 2. The van der Waals surface area contributed by atoms with E-state index in [0.717, 1.165) is 5.56 Å². The summed E-state index contributed by atoms with van der Waals surface area (Å²) >= 11 is 5.24. The molecular weight excluding hydrogens is 412 g/mol. The van der Waals surface area contributed by atoms with Crippen LogP contribution in [0.25, 0.3) is 0 Å². The Hall–Kier alpha value is -3.20. The van der Waals surface area contributed by atoms with Crippen molar-refractivity contribution >= 4 is 28.9 Å². The number of alkyl halides is 2. The first kappa shape index (κ1) is 21.5. The van der Waals surface area contributed by atoms with Crippen molar-refractivity contribution in [3.8, 4) is 11.5 Å². The second-order valence-corrected chi connectivity index (χ2v) is 7.09. The first-order valence-corrected chi connectivity index (χ1v) is 9.48. The van der Waals surface area contributed by atoms with Crippen LogP contribution in [-0.4, -0.2) is 24.7 Å². The molecule has 2 aromatic carbocycles. The Morgan fingerprint density at radius 1 is 1.13 bits per heavy atom. The van der Waals surface area contributed by atoms with Crippen LogP contribution in [0.5, 0.6) is 11.5 Å². The smallest absolute Gasteiger partial charge is 0.387 e. The van der Waals surface area contributed by atoms with Crippen LogP contribution in [0.3, 0.4) is 0 Å². The van der Waals surface area contributed by atoms with Gasteiger partial charge < -0.3 is 25.4 Å². The number of amides is 1. The lowest BCUT2D eigenvalue weighted by Gasteiger charge is -2.30. The van der Waals surface area contributed by atoms with Gasteiger partial charge in [-0.2, -0.15) is 8.78 Å². The lowest BCUT2D eigenvalue weighted by atomic mass is 9.94. The van der Waals surface area contributed by atoms with E-state index in [1.54, 1.807) is 13.0 Å². The van der Waals surface area contributed by atoms with Crippen molar-refractivity contribution in [2.75, 3.05) is 12.4 Å². The fraction of sp³-hybridized carbons (Fsp3) is 0.238. The molecule has 1 unspecified atom stereocenters. The summed E-state index contributed by atoms with van der Waals surface area (Å²) in [4.78, 5) is 13.1. The summed E-state index contributed by atoms with van der Waals surface area (Å²) in [6.45, 7) is 0.724. The topological polar surface area (TPSA) is 71.6 Å². The van der Waals surface area contributed by atoms with Crippen LogP contribution in [0.2, 0.25) is 0 Å². The Kier molecular flexibility index (Phi) is 6.51. The number of hydrogen-bond donors (Lipinski definition) is 3. The van der Waals surface area contributed by atoms with Gasteiger partial charge in [0.2, 0.25) is 0 Å². The van der Waals surface area contributed by atoms with Crippen molar-refractivity contribution in [3.63, 3.8) is 0 Å². The highest BCUT2D eigenvalue weighted by atomic mass is 32.1. The van der Waals surface area contributed by atoms with E-state index in [9.17, 15) is 13.6 Å². The van der Waals surface area contributed by atoms with Crippen molar-refractivity contribution < 1.29 is 23.0 Å². The molecule has 1 aliphatic rings. The maximum absolute atomic E-state index is 13.1. The molecule has 0 fully saturated rings. The van der Waals surface area contributed by atoms with Crippen molar-refractivity contribution in [2.24, 2.45) is 0 Å². The predicted molar refractivity (Wildman–Crippen MR) is 114 cm³/mol. The molecule has 1 heterocycles. The summed E-state index contributed by atoms with van der Waals surface area (Å²) in [6, 6.07) is 11.3. The van der Waals surface area contributed by atoms with Crippen LogP contribution >= 0.6 is 12.2 Å². The predicted octanol–water partition coefficient (Wildman–Crippen LogP) is 4.04. The molecule has 1 atom stereocenters. The number of nitrogens with one attached hydrogen (secondary N) is 3. The summed E-state index contributed by atoms with van der Waals surface area (Å²) in [5.74, 6) is -0.301. The summed E-state index contributed by atoms with van der Waals surface area (Å²) in [5.41, 5.74) is 3.32. The van der Waals surface area contributed by atoms with Crippen LogP contribution in [0.1, 0.15) is 24.1 Å². The molecule has 0 radical (unpaired) electrons. The van der Waals surface area contributed by atoms with Gasteiger partial charge in [0.05, 0.1) is 18.7 Å². The van der Waals surface area contributed by atoms with Gasteiger partial charge in [-0.25, -0.2) is 0 Å². The number of carbonyl (C=O) groups excluding carboxylic acids is 1. The molecule has 0 aromatic heterocycles. The van der Waals surface area contributed by atoms with Gasteiger partial charge in [-0.15, -0.1) is 0 Å². The van der Waals surface area contributed by atoms with E-state index in [-0.39, 0.29) is 17.4 Å². The Labute approximate surface area is 178 Å². The Morgan fingerprint density at radius 2 is 1.83 bits per heavy atom. The number of hydrogen-bond acceptors (Lipinski definition) is 4. The normalized spacial score (nSPS) is 16.1. The molecule has 2 aromatic rings. The number of carbonyl (C=O) groups is 1. The van der Waals surface area contributed by atoms with Gasteiger partial charge in [0.15, 0.2) is 16.6 Å². The minimum absolute atomic E-state index is 0.0980. The van der Waals surface area contributed by atoms with Crippen LogP contribution in [0.15, 0.2) is 53.7 Å². The zero-order valence-corrected chi connectivity index (χ0v) is 17.4. The molecule has 30 heavy (non-hydrogen) atoms. The Morgan fingerprint density at radius 3 is 2.47 bits per heavy atom. The molecule has 1 amide bonds. The van der Waals surface area contributed by atoms with Gasteiger partial charge in [-0.05, 0) is 55.9 Å². The average Bonchev–Trinajstić information content (AvgIpc) is 2.69. The number of rotatable bonds is 6. The largest absolute Gasteiger partial charge is 0.493 e. The van der Waals surface area contributed by atoms with E-state index < -0.39 is 12.7 Å². The van der Waals surface area contributed by atoms with Crippen molar-refractivity contribution in [1.29, 1.82) is 0 Å². The molecule has 0 aliphatic carbocycles. The van der Waals surface area contributed by atoms with Crippen LogP contribution in [0.4, 0.5) is 14.5 Å². The number of anilines is 1. The minimum atomic E-state index is -2.98. The molecule has 158 valence electrons. The first-order chi connectivity index (χ1) is 14.3. The van der Waals surface area contributed by atoms with E-state index in [1.165, 1.54) is 19.2 Å². The monoisotopic (exact) mass is 433 g/mol. The lowest BCUT2D eigenvalue weighted by molar-refractivity contribution is -0.113. The summed E-state index contributed by atoms with van der Waals surface area (Å²) in [6.07, 6.45) is 0. The Balaban J connectivity index is 1.95. The highest BCUT2D eigenvalue weighted by molar-refractivity contribution is 7.80. The fourth-order valence-electron chi connectivity index (χ4n) is 3.14. The third-order valence-corrected chi connectivity index (χ3v) is 4.78. The number of allylic oxidation sites excluding steroid dienone is 1. The van der Waals surface area contributed by atoms with Gasteiger partial charge >= 0.3 is 6.61 Å². The molecule has 3 N–H and O–H groups in total. The molecular formula is C21H21F2N3O3S. The quantitative estimate of drug-likeness (QED) is 0.598. The first-order valence-electron chi connectivity index (χ1n) is 9.07. The minimum Gasteiger partial charge on any atom is -0.493 e. The standard InChI is InChI=1S/C21H21F2N3O3S/c1-11-4-7-14(8-5-11)25-19(27)17-12(2)24-21(30)26-18(17)13-6-9-15(29-20(22)23)16(10-13)28-3/h4-10,18,20H,1-3H3,(H,25,27)(H2,24,26,30). The van der Waals surface area contributed by atoms with Crippen molar-refractivity contribution in [2.45, 2.75) is 26.5 Å². The Bertz CT molecular complexity index is 993. The molecule has 9 heteroatoms. The van der Waals surface area contributed by atoms with Crippen LogP contribution in [-0.2, 0) is 4.79 Å². The summed E-state index contributed by atoms with van der Waals surface area (Å²) in [5, 5.41) is 9.23. The number of benzene rings is 2. The number of halogens is 2. The van der Waals surface area contributed by atoms with Gasteiger partial charge in [-0.1, -0.05) is 23.8 Å². The van der Waals surface area contributed by atoms with Gasteiger partial charge in [-0.3, -0.25) is 4.79 Å². The zero-order chi connectivity index (χ0) is 21.8. The van der Waals surface area contributed by atoms with Crippen LogP contribution < -0.4 is 25.4 Å². The molecule has 0 saturated heterocycles. The second kappa shape index (κ2) is 9.08. The molecule has 3 rings (SSSR count). The fourth-order valence-corrected chi connectivity index (χ4v) is 3.41. The number of thiocarbonyl (C=S) groups is 1. The maximum Gasteiger partial charge on any atom is 0.387 e. The highest BCUT2D eigenvalue weighted by Gasteiger charge is 2.30. The molecule has 0 bridgehead atoms. The van der Waals surface area contributed by atoms with Crippen molar-refractivity contribution in [1.82, 2.24) is 10.6 Å². The summed E-state index contributed by atoms with van der Waals surface area (Å²) in [7, 11) is 1.35. The van der Waals surface area contributed by atoms with E-state index in [2.05, 4.69) is 20.7 Å². The number of aryl methyl sites for hydroxylation is 1. The third-order valence-electron chi connectivity index (χ3n) is 4.56. The second-order valence-electron chi connectivity index (χ2n) is 6.68. The SMILES string of the molecule is COc1cc(C2NC(=S)NC(C)=C2C(=O)Nc2ccc(C)cc2)ccc1OC(F)F. The van der Waals surface area contributed by atoms with Gasteiger partial charge in [0.25, 0.3) is 5.91 Å². The zero-order valence-electron chi connectivity index (χ0n) is 16.6. The molecule has 0 saturated carbocycles. The lowest BCUT2D eigenvalue weighted by Crippen LogP contribution is -2.45. The van der Waals surface area contributed by atoms with Gasteiger partial charge in [0, 0.05) is 11.4 Å². The maximum atomic E-state index is 13.1. The van der Waals surface area contributed by atoms with E-state index in [1.807, 2.05) is 31.2 Å².